The Hall–Kier alpha value is -2.61. The number of rotatable bonds is 5. The Labute approximate surface area is 142 Å². The van der Waals surface area contributed by atoms with Gasteiger partial charge in [-0.1, -0.05) is 31.3 Å². The molecule has 0 aromatic carbocycles. The lowest BCUT2D eigenvalue weighted by molar-refractivity contribution is 0.102. The number of hydrogen-bond donors (Lipinski definition) is 1. The summed E-state index contributed by atoms with van der Waals surface area (Å²) in [6.45, 7) is 4.19. The minimum absolute atomic E-state index is 0.0296. The van der Waals surface area contributed by atoms with Crippen molar-refractivity contribution in [2.24, 2.45) is 0 Å². The Bertz CT molecular complexity index is 929. The van der Waals surface area contributed by atoms with Crippen LogP contribution in [0.25, 0.3) is 5.65 Å². The summed E-state index contributed by atoms with van der Waals surface area (Å²) in [7, 11) is 0. The molecule has 3 rings (SSSR count). The maximum absolute atomic E-state index is 12.4. The van der Waals surface area contributed by atoms with Crippen LogP contribution in [0, 0.1) is 0 Å². The number of anilines is 1. The molecule has 0 saturated heterocycles. The first kappa shape index (κ1) is 16.3. The Morgan fingerprint density at radius 1 is 1.29 bits per heavy atom. The molecule has 1 amide bonds. The molecular weight excluding hydrogens is 326 g/mol. The third-order valence-electron chi connectivity index (χ3n) is 3.85. The molecule has 0 spiro atoms. The molecule has 0 aliphatic carbocycles. The van der Waals surface area contributed by atoms with Gasteiger partial charge in [-0.05, 0) is 25.0 Å². The average molecular weight is 343 g/mol. The monoisotopic (exact) mass is 343 g/mol. The second kappa shape index (κ2) is 6.88. The van der Waals surface area contributed by atoms with Crippen LogP contribution in [0.2, 0.25) is 0 Å². The normalized spacial score (nSPS) is 11.1. The molecular formula is C16H17N5O2S. The first-order valence-electron chi connectivity index (χ1n) is 7.75. The number of fused-ring (bicyclic) bond motifs is 1. The first-order chi connectivity index (χ1) is 11.6. The molecule has 124 valence electrons. The molecule has 8 heteroatoms. The summed E-state index contributed by atoms with van der Waals surface area (Å²) in [5.41, 5.74) is 0.0480. The smallest absolute Gasteiger partial charge is 0.270 e. The van der Waals surface area contributed by atoms with Crippen LogP contribution in [0.3, 0.4) is 0 Å². The summed E-state index contributed by atoms with van der Waals surface area (Å²) in [5, 5.41) is 12.1. The Morgan fingerprint density at radius 3 is 2.83 bits per heavy atom. The molecule has 0 unspecified atom stereocenters. The van der Waals surface area contributed by atoms with Crippen molar-refractivity contribution in [3.05, 3.63) is 51.5 Å². The molecule has 0 aliphatic heterocycles. The lowest BCUT2D eigenvalue weighted by atomic mass is 10.1. The highest BCUT2D eigenvalue weighted by molar-refractivity contribution is 7.15. The molecule has 0 fully saturated rings. The Morgan fingerprint density at radius 2 is 2.08 bits per heavy atom. The van der Waals surface area contributed by atoms with E-state index in [9.17, 15) is 9.59 Å². The molecule has 3 aromatic rings. The topological polar surface area (TPSA) is 89.2 Å². The van der Waals surface area contributed by atoms with E-state index >= 15 is 0 Å². The van der Waals surface area contributed by atoms with Crippen LogP contribution in [0.15, 0.2) is 35.4 Å². The van der Waals surface area contributed by atoms with Gasteiger partial charge in [-0.25, -0.2) is 4.98 Å². The number of carbonyl (C=O) groups is 1. The minimum atomic E-state index is -0.530. The van der Waals surface area contributed by atoms with Gasteiger partial charge in [0, 0.05) is 18.3 Å². The molecule has 3 heterocycles. The SMILES string of the molecule is CCC(CC)c1nnc(NC(=O)c2cnc3ccccn3c2=O)s1. The quantitative estimate of drug-likeness (QED) is 0.769. The lowest BCUT2D eigenvalue weighted by Gasteiger charge is -2.06. The third kappa shape index (κ3) is 3.05. The van der Waals surface area contributed by atoms with Crippen molar-refractivity contribution >= 4 is 28.0 Å². The maximum Gasteiger partial charge on any atom is 0.270 e. The number of nitrogens with zero attached hydrogens (tertiary/aromatic N) is 4. The van der Waals surface area contributed by atoms with Crippen molar-refractivity contribution in [3.63, 3.8) is 0 Å². The second-order valence-corrected chi connectivity index (χ2v) is 6.33. The van der Waals surface area contributed by atoms with E-state index in [0.717, 1.165) is 17.8 Å². The minimum Gasteiger partial charge on any atom is -0.296 e. The van der Waals surface area contributed by atoms with Crippen LogP contribution in [0.4, 0.5) is 5.13 Å². The van der Waals surface area contributed by atoms with Gasteiger partial charge in [-0.3, -0.25) is 19.3 Å². The van der Waals surface area contributed by atoms with Gasteiger partial charge in [0.1, 0.15) is 16.2 Å². The molecule has 0 atom stereocenters. The zero-order valence-corrected chi connectivity index (χ0v) is 14.2. The van der Waals surface area contributed by atoms with Crippen LogP contribution >= 0.6 is 11.3 Å². The van der Waals surface area contributed by atoms with Gasteiger partial charge in [-0.2, -0.15) is 0 Å². The fourth-order valence-corrected chi connectivity index (χ4v) is 3.44. The highest BCUT2D eigenvalue weighted by Crippen LogP contribution is 2.28. The van der Waals surface area contributed by atoms with Crippen LogP contribution in [0.1, 0.15) is 48.0 Å². The number of aromatic nitrogens is 4. The van der Waals surface area contributed by atoms with E-state index in [1.807, 2.05) is 0 Å². The van der Waals surface area contributed by atoms with Crippen molar-refractivity contribution in [2.45, 2.75) is 32.6 Å². The number of carbonyl (C=O) groups excluding carboxylic acids is 1. The number of pyridine rings is 1. The van der Waals surface area contributed by atoms with E-state index in [-0.39, 0.29) is 5.56 Å². The molecule has 24 heavy (non-hydrogen) atoms. The van der Waals surface area contributed by atoms with Crippen molar-refractivity contribution in [3.8, 4) is 0 Å². The lowest BCUT2D eigenvalue weighted by Crippen LogP contribution is -2.26. The summed E-state index contributed by atoms with van der Waals surface area (Å²) < 4.78 is 1.34. The van der Waals surface area contributed by atoms with E-state index in [1.54, 1.807) is 24.4 Å². The molecule has 7 nitrogen and oxygen atoms in total. The third-order valence-corrected chi connectivity index (χ3v) is 4.86. The maximum atomic E-state index is 12.4. The first-order valence-corrected chi connectivity index (χ1v) is 8.56. The number of hydrogen-bond acceptors (Lipinski definition) is 6. The van der Waals surface area contributed by atoms with E-state index in [2.05, 4.69) is 34.3 Å². The largest absolute Gasteiger partial charge is 0.296 e. The fourth-order valence-electron chi connectivity index (χ4n) is 2.43. The van der Waals surface area contributed by atoms with Crippen molar-refractivity contribution in [1.29, 1.82) is 0 Å². The van der Waals surface area contributed by atoms with Gasteiger partial charge in [0.15, 0.2) is 0 Å². The molecule has 0 aliphatic rings. The van der Waals surface area contributed by atoms with Crippen LogP contribution in [-0.4, -0.2) is 25.5 Å². The van der Waals surface area contributed by atoms with Gasteiger partial charge in [0.05, 0.1) is 0 Å². The Kier molecular flexibility index (Phi) is 4.66. The number of amides is 1. The fraction of sp³-hybridized carbons (Fsp3) is 0.312. The van der Waals surface area contributed by atoms with E-state index in [4.69, 9.17) is 0 Å². The molecule has 0 radical (unpaired) electrons. The van der Waals surface area contributed by atoms with Crippen molar-refractivity contribution in [2.75, 3.05) is 5.32 Å². The summed E-state index contributed by atoms with van der Waals surface area (Å²) in [4.78, 5) is 28.9. The Balaban J connectivity index is 1.85. The standard InChI is InChI=1S/C16H17N5O2S/c1-3-10(4-2)14-19-20-16(24-14)18-13(22)11-9-17-12-7-5-6-8-21(12)15(11)23/h5-10H,3-4H2,1-2H3,(H,18,20,22). The van der Waals surface area contributed by atoms with Crippen LogP contribution in [-0.2, 0) is 0 Å². The van der Waals surface area contributed by atoms with Gasteiger partial charge < -0.3 is 0 Å². The zero-order valence-electron chi connectivity index (χ0n) is 13.4. The summed E-state index contributed by atoms with van der Waals surface area (Å²) in [6.07, 6.45) is 4.80. The van der Waals surface area contributed by atoms with Gasteiger partial charge in [-0.15, -0.1) is 10.2 Å². The second-order valence-electron chi connectivity index (χ2n) is 5.32. The average Bonchev–Trinajstić information content (AvgIpc) is 3.04. The van der Waals surface area contributed by atoms with E-state index in [1.165, 1.54) is 21.9 Å². The van der Waals surface area contributed by atoms with Crippen LogP contribution < -0.4 is 10.9 Å². The van der Waals surface area contributed by atoms with Gasteiger partial charge in [0.25, 0.3) is 11.5 Å². The molecule has 1 N–H and O–H groups in total. The van der Waals surface area contributed by atoms with Gasteiger partial charge in [0.2, 0.25) is 5.13 Å². The van der Waals surface area contributed by atoms with Gasteiger partial charge >= 0.3 is 0 Å². The summed E-state index contributed by atoms with van der Waals surface area (Å²) in [5.74, 6) is -0.195. The van der Waals surface area contributed by atoms with E-state index < -0.39 is 11.5 Å². The molecule has 0 saturated carbocycles. The molecule has 0 bridgehead atoms. The van der Waals surface area contributed by atoms with Crippen LogP contribution in [0.5, 0.6) is 0 Å². The molecule has 3 aromatic heterocycles. The highest BCUT2D eigenvalue weighted by atomic mass is 32.1. The van der Waals surface area contributed by atoms with Crippen molar-refractivity contribution in [1.82, 2.24) is 19.6 Å². The van der Waals surface area contributed by atoms with E-state index in [0.29, 0.717) is 16.7 Å². The zero-order chi connectivity index (χ0) is 17.1. The summed E-state index contributed by atoms with van der Waals surface area (Å²) in [6, 6.07) is 5.20. The predicted molar refractivity (Wildman–Crippen MR) is 92.6 cm³/mol. The number of nitrogens with one attached hydrogen (secondary N) is 1. The summed E-state index contributed by atoms with van der Waals surface area (Å²) >= 11 is 1.34. The predicted octanol–water partition coefficient (Wildman–Crippen LogP) is 2.70. The van der Waals surface area contributed by atoms with Crippen molar-refractivity contribution < 1.29 is 4.79 Å². The highest BCUT2D eigenvalue weighted by Gasteiger charge is 2.17.